The van der Waals surface area contributed by atoms with Gasteiger partial charge in [-0.15, -0.1) is 0 Å². The van der Waals surface area contributed by atoms with Gasteiger partial charge in [-0.2, -0.15) is 0 Å². The summed E-state index contributed by atoms with van der Waals surface area (Å²) in [4.78, 5) is 19.7. The molecule has 100 valence electrons. The smallest absolute Gasteiger partial charge is 0.224 e. The number of hydrogen-bond donors (Lipinski definition) is 2. The molecule has 1 atom stereocenters. The van der Waals surface area contributed by atoms with Crippen molar-refractivity contribution >= 4 is 5.91 Å². The summed E-state index contributed by atoms with van der Waals surface area (Å²) in [6, 6.07) is -0.0709. The quantitative estimate of drug-likeness (QED) is 0.865. The van der Waals surface area contributed by atoms with Crippen LogP contribution >= 0.6 is 0 Å². The normalized spacial score (nSPS) is 22.6. The summed E-state index contributed by atoms with van der Waals surface area (Å²) in [5.74, 6) is 1.03. The number of nitrogens with one attached hydrogen (secondary N) is 2. The summed E-state index contributed by atoms with van der Waals surface area (Å²) in [6.07, 6.45) is 1.78. The number of nitrogens with zero attached hydrogens (tertiary/aromatic N) is 1. The first-order chi connectivity index (χ1) is 8.18. The van der Waals surface area contributed by atoms with Gasteiger partial charge in [0.05, 0.1) is 6.04 Å². The maximum Gasteiger partial charge on any atom is 0.224 e. The van der Waals surface area contributed by atoms with Crippen molar-refractivity contribution in [3.8, 4) is 0 Å². The van der Waals surface area contributed by atoms with Crippen LogP contribution in [0.1, 0.15) is 52.2 Å². The minimum atomic E-state index is -0.0709. The molecule has 1 amide bonds. The van der Waals surface area contributed by atoms with E-state index < -0.39 is 0 Å². The van der Waals surface area contributed by atoms with Crippen LogP contribution in [0.2, 0.25) is 0 Å². The second-order valence-electron chi connectivity index (χ2n) is 6.56. The Bertz CT molecular complexity index is 459. The van der Waals surface area contributed by atoms with E-state index in [0.717, 1.165) is 11.5 Å². The van der Waals surface area contributed by atoms with Crippen molar-refractivity contribution in [2.45, 2.75) is 47.6 Å². The van der Waals surface area contributed by atoms with Crippen LogP contribution in [0.15, 0.2) is 6.20 Å². The Labute approximate surface area is 109 Å². The average Bonchev–Trinajstić information content (AvgIpc) is 2.58. The van der Waals surface area contributed by atoms with Gasteiger partial charge < -0.3 is 10.3 Å². The second-order valence-corrected chi connectivity index (χ2v) is 6.56. The van der Waals surface area contributed by atoms with Crippen molar-refractivity contribution in [2.75, 3.05) is 0 Å². The lowest BCUT2D eigenvalue weighted by atomic mass is 10.0. The van der Waals surface area contributed by atoms with E-state index in [0.29, 0.717) is 0 Å². The minimum Gasteiger partial charge on any atom is -0.346 e. The fourth-order valence-corrected chi connectivity index (χ4v) is 2.87. The van der Waals surface area contributed by atoms with E-state index in [1.165, 1.54) is 0 Å². The number of aromatic amines is 1. The van der Waals surface area contributed by atoms with Gasteiger partial charge in [0.15, 0.2) is 0 Å². The number of carbonyl (C=O) groups excluding carboxylic acids is 1. The molecule has 2 rings (SSSR count). The number of carbonyl (C=O) groups is 1. The van der Waals surface area contributed by atoms with Crippen molar-refractivity contribution in [2.24, 2.45) is 16.7 Å². The molecule has 1 aliphatic rings. The number of aromatic nitrogens is 2. The first kappa shape index (κ1) is 13.1. The Kier molecular flexibility index (Phi) is 2.80. The van der Waals surface area contributed by atoms with E-state index in [2.05, 4.69) is 43.0 Å². The lowest BCUT2D eigenvalue weighted by Gasteiger charge is -2.12. The molecule has 0 saturated heterocycles. The molecule has 1 heterocycles. The van der Waals surface area contributed by atoms with E-state index >= 15 is 0 Å². The molecule has 1 aromatic heterocycles. The molecular formula is C14H23N3O. The molecule has 1 saturated carbocycles. The second kappa shape index (κ2) is 3.84. The number of rotatable bonds is 3. The van der Waals surface area contributed by atoms with Gasteiger partial charge in [-0.1, -0.05) is 27.7 Å². The molecule has 18 heavy (non-hydrogen) atoms. The fourth-order valence-electron chi connectivity index (χ4n) is 2.87. The largest absolute Gasteiger partial charge is 0.346 e. The Hall–Kier alpha value is -1.32. The summed E-state index contributed by atoms with van der Waals surface area (Å²) in [6.45, 7) is 12.5. The Morgan fingerprint density at radius 2 is 1.94 bits per heavy atom. The van der Waals surface area contributed by atoms with Crippen molar-refractivity contribution in [1.82, 2.24) is 15.3 Å². The maximum atomic E-state index is 12.3. The molecule has 0 radical (unpaired) electrons. The molecule has 4 heteroatoms. The summed E-state index contributed by atoms with van der Waals surface area (Å²) in [5, 5.41) is 3.05. The van der Waals surface area contributed by atoms with E-state index in [4.69, 9.17) is 0 Å². The van der Waals surface area contributed by atoms with Gasteiger partial charge in [0.25, 0.3) is 0 Å². The minimum absolute atomic E-state index is 0.0709. The fraction of sp³-hybridized carbons (Fsp3) is 0.714. The zero-order valence-electron chi connectivity index (χ0n) is 12.1. The average molecular weight is 249 g/mol. The third-order valence-corrected chi connectivity index (χ3v) is 4.77. The number of aryl methyl sites for hydroxylation is 1. The first-order valence-electron chi connectivity index (χ1n) is 6.50. The summed E-state index contributed by atoms with van der Waals surface area (Å²) >= 11 is 0. The van der Waals surface area contributed by atoms with Crippen LogP contribution in [-0.2, 0) is 4.79 Å². The van der Waals surface area contributed by atoms with Crippen LogP contribution in [-0.4, -0.2) is 15.9 Å². The van der Waals surface area contributed by atoms with Crippen molar-refractivity contribution < 1.29 is 4.79 Å². The van der Waals surface area contributed by atoms with Gasteiger partial charge in [-0.25, -0.2) is 4.98 Å². The monoisotopic (exact) mass is 249 g/mol. The van der Waals surface area contributed by atoms with Crippen molar-refractivity contribution in [1.29, 1.82) is 0 Å². The van der Waals surface area contributed by atoms with Gasteiger partial charge in [-0.3, -0.25) is 4.79 Å². The SMILES string of the molecule is Cc1cnc([C@H](C)NC(=O)C2C(C)(C)C2(C)C)[nH]1. The van der Waals surface area contributed by atoms with Gasteiger partial charge in [0.1, 0.15) is 5.82 Å². The summed E-state index contributed by atoms with van der Waals surface area (Å²) < 4.78 is 0. The van der Waals surface area contributed by atoms with Crippen LogP contribution in [0.5, 0.6) is 0 Å². The van der Waals surface area contributed by atoms with Gasteiger partial charge in [0.2, 0.25) is 5.91 Å². The molecule has 1 aliphatic carbocycles. The summed E-state index contributed by atoms with van der Waals surface area (Å²) in [7, 11) is 0. The number of hydrogen-bond acceptors (Lipinski definition) is 2. The predicted octanol–water partition coefficient (Wildman–Crippen LogP) is 2.58. The highest BCUT2D eigenvalue weighted by molar-refractivity contribution is 5.84. The van der Waals surface area contributed by atoms with E-state index in [9.17, 15) is 4.79 Å². The molecule has 0 unspecified atom stereocenters. The molecule has 0 aliphatic heterocycles. The van der Waals surface area contributed by atoms with Gasteiger partial charge >= 0.3 is 0 Å². The van der Waals surface area contributed by atoms with Crippen molar-refractivity contribution in [3.05, 3.63) is 17.7 Å². The molecule has 1 aromatic rings. The Balaban J connectivity index is 2.01. The molecule has 0 aromatic carbocycles. The van der Waals surface area contributed by atoms with Gasteiger partial charge in [0, 0.05) is 17.8 Å². The first-order valence-corrected chi connectivity index (χ1v) is 6.50. The number of H-pyrrole nitrogens is 1. The highest BCUT2D eigenvalue weighted by Gasteiger charge is 2.68. The van der Waals surface area contributed by atoms with E-state index in [-0.39, 0.29) is 28.7 Å². The zero-order valence-corrected chi connectivity index (χ0v) is 12.1. The van der Waals surface area contributed by atoms with Crippen LogP contribution in [0.3, 0.4) is 0 Å². The lowest BCUT2D eigenvalue weighted by Crippen LogP contribution is -2.30. The Morgan fingerprint density at radius 1 is 1.39 bits per heavy atom. The van der Waals surface area contributed by atoms with Gasteiger partial charge in [-0.05, 0) is 24.7 Å². The van der Waals surface area contributed by atoms with Crippen molar-refractivity contribution in [3.63, 3.8) is 0 Å². The Morgan fingerprint density at radius 3 is 2.33 bits per heavy atom. The van der Waals surface area contributed by atoms with Crippen LogP contribution < -0.4 is 5.32 Å². The predicted molar refractivity (Wildman–Crippen MR) is 70.9 cm³/mol. The van der Waals surface area contributed by atoms with E-state index in [1.807, 2.05) is 13.8 Å². The van der Waals surface area contributed by atoms with Crippen LogP contribution in [0.25, 0.3) is 0 Å². The molecule has 0 spiro atoms. The molecular weight excluding hydrogens is 226 g/mol. The topological polar surface area (TPSA) is 57.8 Å². The number of imidazole rings is 1. The van der Waals surface area contributed by atoms with Crippen LogP contribution in [0.4, 0.5) is 0 Å². The molecule has 0 bridgehead atoms. The van der Waals surface area contributed by atoms with E-state index in [1.54, 1.807) is 6.20 Å². The third kappa shape index (κ3) is 1.84. The zero-order chi connectivity index (χ0) is 13.7. The standard InChI is InChI=1S/C14H23N3O/c1-8-7-15-11(16-8)9(2)17-12(18)10-13(3,4)14(10,5)6/h7,9-10H,1-6H3,(H,15,16)(H,17,18)/t9-/m0/s1. The number of amides is 1. The summed E-state index contributed by atoms with van der Waals surface area (Å²) in [5.41, 5.74) is 1.17. The third-order valence-electron chi connectivity index (χ3n) is 4.77. The highest BCUT2D eigenvalue weighted by atomic mass is 16.2. The molecule has 1 fully saturated rings. The molecule has 2 N–H and O–H groups in total. The highest BCUT2D eigenvalue weighted by Crippen LogP contribution is 2.68. The molecule has 4 nitrogen and oxygen atoms in total. The lowest BCUT2D eigenvalue weighted by molar-refractivity contribution is -0.124. The van der Waals surface area contributed by atoms with Crippen LogP contribution in [0, 0.1) is 23.7 Å². The maximum absolute atomic E-state index is 12.3.